The summed E-state index contributed by atoms with van der Waals surface area (Å²) in [6, 6.07) is 5.30. The van der Waals surface area contributed by atoms with Crippen LogP contribution >= 0.6 is 23.2 Å². The van der Waals surface area contributed by atoms with Gasteiger partial charge in [0, 0.05) is 25.0 Å². The molecule has 1 aliphatic heterocycles. The summed E-state index contributed by atoms with van der Waals surface area (Å²) in [4.78, 5) is 6.86. The quantitative estimate of drug-likeness (QED) is 0.579. The first-order valence-corrected chi connectivity index (χ1v) is 9.15. The Bertz CT molecular complexity index is 1080. The third kappa shape index (κ3) is 3.34. The van der Waals surface area contributed by atoms with Gasteiger partial charge in [-0.25, -0.2) is 4.68 Å². The number of hydrogen-bond donors (Lipinski definition) is 0. The fourth-order valence-corrected chi connectivity index (χ4v) is 3.74. The van der Waals surface area contributed by atoms with E-state index in [0.717, 1.165) is 17.7 Å². The van der Waals surface area contributed by atoms with Gasteiger partial charge in [-0.1, -0.05) is 28.4 Å². The van der Waals surface area contributed by atoms with Crippen molar-refractivity contribution in [2.45, 2.75) is 13.1 Å². The highest BCUT2D eigenvalue weighted by molar-refractivity contribution is 6.38. The Morgan fingerprint density at radius 2 is 1.72 bits per heavy atom. The highest BCUT2D eigenvalue weighted by atomic mass is 35.5. The second-order valence-electron chi connectivity index (χ2n) is 6.46. The highest BCUT2D eigenvalue weighted by Crippen LogP contribution is 2.39. The molecule has 0 unspecified atom stereocenters. The van der Waals surface area contributed by atoms with Crippen molar-refractivity contribution in [2.24, 2.45) is 5.16 Å². The van der Waals surface area contributed by atoms with E-state index in [4.69, 9.17) is 28.0 Å². The summed E-state index contributed by atoms with van der Waals surface area (Å²) < 4.78 is 42.6. The summed E-state index contributed by atoms with van der Waals surface area (Å²) in [7, 11) is 1.79. The molecule has 6 nitrogen and oxygen atoms in total. The Morgan fingerprint density at radius 1 is 1.10 bits per heavy atom. The zero-order valence-corrected chi connectivity index (χ0v) is 16.7. The number of rotatable bonds is 3. The van der Waals surface area contributed by atoms with Crippen molar-refractivity contribution in [3.05, 3.63) is 63.5 Å². The number of oxime groups is 1. The van der Waals surface area contributed by atoms with Gasteiger partial charge in [-0.2, -0.15) is 18.3 Å². The van der Waals surface area contributed by atoms with E-state index in [1.807, 2.05) is 19.1 Å². The smallest absolute Gasteiger partial charge is 0.372 e. The summed E-state index contributed by atoms with van der Waals surface area (Å²) >= 11 is 12.5. The van der Waals surface area contributed by atoms with Crippen molar-refractivity contribution < 1.29 is 18.0 Å². The average Bonchev–Trinajstić information content (AvgIpc) is 3.34. The Hall–Kier alpha value is -2.65. The Balaban J connectivity index is 1.97. The van der Waals surface area contributed by atoms with Crippen molar-refractivity contribution in [1.82, 2.24) is 19.2 Å². The van der Waals surface area contributed by atoms with Crippen molar-refractivity contribution in [1.29, 1.82) is 0 Å². The summed E-state index contributed by atoms with van der Waals surface area (Å²) in [5.74, 6) is 1.06. The van der Waals surface area contributed by atoms with E-state index >= 15 is 0 Å². The Labute approximate surface area is 173 Å². The van der Waals surface area contributed by atoms with Crippen molar-refractivity contribution in [2.75, 3.05) is 13.8 Å². The van der Waals surface area contributed by atoms with Crippen LogP contribution in [0, 0.1) is 6.92 Å². The van der Waals surface area contributed by atoms with Crippen LogP contribution in [0.1, 0.15) is 16.8 Å². The van der Waals surface area contributed by atoms with Gasteiger partial charge in [0.05, 0.1) is 15.6 Å². The van der Waals surface area contributed by atoms with Gasteiger partial charge in [-0.3, -0.25) is 0 Å². The molecule has 0 atom stereocenters. The lowest BCUT2D eigenvalue weighted by molar-refractivity contribution is -0.137. The molecule has 29 heavy (non-hydrogen) atoms. The topological polar surface area (TPSA) is 47.6 Å². The Kier molecular flexibility index (Phi) is 4.74. The van der Waals surface area contributed by atoms with E-state index in [-0.39, 0.29) is 22.5 Å². The van der Waals surface area contributed by atoms with Crippen molar-refractivity contribution in [3.63, 3.8) is 0 Å². The number of aromatic nitrogens is 3. The highest BCUT2D eigenvalue weighted by Gasteiger charge is 2.33. The molecule has 0 saturated carbocycles. The minimum atomic E-state index is -4.57. The molecule has 0 aliphatic carbocycles. The van der Waals surface area contributed by atoms with E-state index in [2.05, 4.69) is 10.3 Å². The van der Waals surface area contributed by atoms with Crippen molar-refractivity contribution in [3.8, 4) is 11.5 Å². The molecule has 0 amide bonds. The minimum Gasteiger partial charge on any atom is -0.372 e. The molecule has 1 aromatic carbocycles. The van der Waals surface area contributed by atoms with Crippen LogP contribution in [0.3, 0.4) is 0 Å². The van der Waals surface area contributed by atoms with Gasteiger partial charge in [-0.05, 0) is 31.2 Å². The van der Waals surface area contributed by atoms with E-state index < -0.39 is 11.7 Å². The molecule has 1 aliphatic rings. The predicted octanol–water partition coefficient (Wildman–Crippen LogP) is 4.88. The second kappa shape index (κ2) is 7.00. The zero-order chi connectivity index (χ0) is 20.9. The van der Waals surface area contributed by atoms with Crippen molar-refractivity contribution >= 4 is 29.0 Å². The lowest BCUT2D eigenvalue weighted by atomic mass is 10.2. The third-order valence-electron chi connectivity index (χ3n) is 4.47. The van der Waals surface area contributed by atoms with Crippen LogP contribution in [0.5, 0.6) is 0 Å². The van der Waals surface area contributed by atoms with E-state index in [0.29, 0.717) is 17.3 Å². The first-order valence-electron chi connectivity index (χ1n) is 8.39. The molecule has 0 N–H and O–H groups in total. The van der Waals surface area contributed by atoms with Crippen LogP contribution in [-0.2, 0) is 11.0 Å². The number of alkyl halides is 3. The van der Waals surface area contributed by atoms with Gasteiger partial charge < -0.3 is 14.3 Å². The largest absolute Gasteiger partial charge is 0.416 e. The van der Waals surface area contributed by atoms with Gasteiger partial charge in [-0.15, -0.1) is 0 Å². The molecule has 152 valence electrons. The SMILES string of the molecule is Cc1c(C2=NOCN2C)nn(-c2c(Cl)cc(C(F)(F)F)cc2Cl)c1-n1cccc1. The van der Waals surface area contributed by atoms with Gasteiger partial charge >= 0.3 is 6.18 Å². The molecule has 0 fully saturated rings. The van der Waals surface area contributed by atoms with Crippen LogP contribution in [0.25, 0.3) is 11.5 Å². The van der Waals surface area contributed by atoms with Crippen LogP contribution in [0.15, 0.2) is 41.8 Å². The lowest BCUT2D eigenvalue weighted by Crippen LogP contribution is -2.24. The normalized spacial score (nSPS) is 14.3. The van der Waals surface area contributed by atoms with Gasteiger partial charge in [0.15, 0.2) is 12.6 Å². The van der Waals surface area contributed by atoms with E-state index in [9.17, 15) is 13.2 Å². The third-order valence-corrected chi connectivity index (χ3v) is 5.05. The molecule has 2 aromatic heterocycles. The molecule has 4 rings (SSSR count). The van der Waals surface area contributed by atoms with Gasteiger partial charge in [0.1, 0.15) is 17.2 Å². The molecule has 0 radical (unpaired) electrons. The maximum Gasteiger partial charge on any atom is 0.416 e. The maximum absolute atomic E-state index is 13.1. The first kappa shape index (κ1) is 19.7. The van der Waals surface area contributed by atoms with Crippen LogP contribution < -0.4 is 0 Å². The summed E-state index contributed by atoms with van der Waals surface area (Å²) in [5.41, 5.74) is 0.433. The molecule has 3 aromatic rings. The lowest BCUT2D eigenvalue weighted by Gasteiger charge is -2.15. The average molecular weight is 444 g/mol. The summed E-state index contributed by atoms with van der Waals surface area (Å²) in [6.07, 6.45) is -1.00. The number of benzene rings is 1. The van der Waals surface area contributed by atoms with E-state index in [1.165, 1.54) is 4.68 Å². The van der Waals surface area contributed by atoms with Crippen LogP contribution in [0.2, 0.25) is 10.0 Å². The molecule has 11 heteroatoms. The molecular weight excluding hydrogens is 430 g/mol. The van der Waals surface area contributed by atoms with Crippen LogP contribution in [0.4, 0.5) is 13.2 Å². The first-order chi connectivity index (χ1) is 13.7. The number of nitrogens with zero attached hydrogens (tertiary/aromatic N) is 5. The van der Waals surface area contributed by atoms with E-state index in [1.54, 1.807) is 28.9 Å². The summed E-state index contributed by atoms with van der Waals surface area (Å²) in [5, 5.41) is 8.23. The maximum atomic E-state index is 13.1. The number of halogens is 5. The monoisotopic (exact) mass is 443 g/mol. The molecule has 0 saturated heterocycles. The van der Waals surface area contributed by atoms with Crippen LogP contribution in [-0.4, -0.2) is 38.9 Å². The standard InChI is InChI=1S/C18H14Cl2F3N5O/c1-10-14(16-25-29-9-26(16)2)24-28(17(10)27-5-3-4-6-27)15-12(19)7-11(8-13(15)20)18(21,22)23/h3-8H,9H2,1-2H3. The number of amidine groups is 1. The molecule has 0 bridgehead atoms. The van der Waals surface area contributed by atoms with Gasteiger partial charge in [0.2, 0.25) is 0 Å². The second-order valence-corrected chi connectivity index (χ2v) is 7.27. The zero-order valence-electron chi connectivity index (χ0n) is 15.2. The minimum absolute atomic E-state index is 0.140. The summed E-state index contributed by atoms with van der Waals surface area (Å²) in [6.45, 7) is 2.09. The fourth-order valence-electron chi connectivity index (χ4n) is 3.10. The number of hydrogen-bond acceptors (Lipinski definition) is 4. The molecular formula is C18H14Cl2F3N5O. The fraction of sp³-hybridized carbons (Fsp3) is 0.222. The molecule has 0 spiro atoms. The van der Waals surface area contributed by atoms with Gasteiger partial charge in [0.25, 0.3) is 0 Å². The molecule has 3 heterocycles. The predicted molar refractivity (Wildman–Crippen MR) is 103 cm³/mol. The Morgan fingerprint density at radius 3 is 2.24 bits per heavy atom.